The molecule has 1 fully saturated rings. The van der Waals surface area contributed by atoms with E-state index in [2.05, 4.69) is 4.98 Å². The first kappa shape index (κ1) is 13.8. The SMILES string of the molecule is Cc1cc(C#N)cnc1N1CC(S(=O)(=O)Cl)CC1=O. The van der Waals surface area contributed by atoms with Crippen LogP contribution in [0.25, 0.3) is 0 Å². The summed E-state index contributed by atoms with van der Waals surface area (Å²) >= 11 is 0. The molecular weight excluding hydrogens is 290 g/mol. The third-order valence-corrected chi connectivity index (χ3v) is 4.79. The van der Waals surface area contributed by atoms with Crippen LogP contribution in [0, 0.1) is 18.3 Å². The summed E-state index contributed by atoms with van der Waals surface area (Å²) in [4.78, 5) is 17.2. The first-order valence-corrected chi connectivity index (χ1v) is 7.80. The van der Waals surface area contributed by atoms with Crippen molar-refractivity contribution < 1.29 is 13.2 Å². The molecule has 0 spiro atoms. The minimum atomic E-state index is -3.77. The smallest absolute Gasteiger partial charge is 0.237 e. The lowest BCUT2D eigenvalue weighted by molar-refractivity contribution is -0.117. The molecule has 1 unspecified atom stereocenters. The van der Waals surface area contributed by atoms with Gasteiger partial charge >= 0.3 is 0 Å². The van der Waals surface area contributed by atoms with Gasteiger partial charge in [-0.3, -0.25) is 9.69 Å². The second-order valence-corrected chi connectivity index (χ2v) is 7.19. The van der Waals surface area contributed by atoms with Crippen LogP contribution in [0.5, 0.6) is 0 Å². The van der Waals surface area contributed by atoms with Gasteiger partial charge in [-0.15, -0.1) is 0 Å². The highest BCUT2D eigenvalue weighted by molar-refractivity contribution is 8.14. The normalized spacial score (nSPS) is 19.5. The number of pyridine rings is 1. The van der Waals surface area contributed by atoms with E-state index in [1.165, 1.54) is 11.1 Å². The second-order valence-electron chi connectivity index (χ2n) is 4.28. The summed E-state index contributed by atoms with van der Waals surface area (Å²) < 4.78 is 22.5. The van der Waals surface area contributed by atoms with Crippen molar-refractivity contribution in [2.45, 2.75) is 18.6 Å². The third kappa shape index (κ3) is 2.69. The van der Waals surface area contributed by atoms with E-state index in [1.807, 2.05) is 6.07 Å². The van der Waals surface area contributed by atoms with E-state index >= 15 is 0 Å². The van der Waals surface area contributed by atoms with E-state index in [0.29, 0.717) is 16.9 Å². The minimum absolute atomic E-state index is 0.00952. The number of hydrogen-bond donors (Lipinski definition) is 0. The zero-order valence-electron chi connectivity index (χ0n) is 10.00. The van der Waals surface area contributed by atoms with Gasteiger partial charge in [-0.2, -0.15) is 5.26 Å². The topological polar surface area (TPSA) is 91.1 Å². The van der Waals surface area contributed by atoms with Crippen LogP contribution in [0.3, 0.4) is 0 Å². The number of hydrogen-bond acceptors (Lipinski definition) is 5. The molecule has 1 aromatic heterocycles. The summed E-state index contributed by atoms with van der Waals surface area (Å²) in [5.74, 6) is 0.0290. The van der Waals surface area contributed by atoms with Crippen LogP contribution in [-0.4, -0.2) is 31.1 Å². The number of anilines is 1. The van der Waals surface area contributed by atoms with Crippen molar-refractivity contribution in [1.82, 2.24) is 4.98 Å². The van der Waals surface area contributed by atoms with E-state index in [0.717, 1.165) is 0 Å². The molecule has 2 heterocycles. The summed E-state index contributed by atoms with van der Waals surface area (Å²) in [6.45, 7) is 1.70. The molecule has 1 amide bonds. The predicted molar refractivity (Wildman–Crippen MR) is 69.2 cm³/mol. The zero-order chi connectivity index (χ0) is 14.2. The van der Waals surface area contributed by atoms with Crippen molar-refractivity contribution in [1.29, 1.82) is 5.26 Å². The lowest BCUT2D eigenvalue weighted by atomic mass is 10.2. The Morgan fingerprint density at radius 3 is 2.74 bits per heavy atom. The standard InChI is InChI=1S/C11H10ClN3O3S/c1-7-2-8(4-13)5-14-11(7)15-6-9(3-10(15)16)19(12,17)18/h2,5,9H,3,6H2,1H3. The highest BCUT2D eigenvalue weighted by atomic mass is 35.7. The fourth-order valence-electron chi connectivity index (χ4n) is 1.98. The fourth-order valence-corrected chi connectivity index (χ4v) is 3.01. The molecule has 1 aliphatic rings. The van der Waals surface area contributed by atoms with Gasteiger partial charge in [0.15, 0.2) is 0 Å². The van der Waals surface area contributed by atoms with Gasteiger partial charge in [-0.25, -0.2) is 13.4 Å². The molecule has 0 N–H and O–H groups in total. The lowest BCUT2D eigenvalue weighted by Gasteiger charge is -2.17. The van der Waals surface area contributed by atoms with Crippen molar-refractivity contribution >= 4 is 31.5 Å². The number of nitrogens with zero attached hydrogens (tertiary/aromatic N) is 3. The van der Waals surface area contributed by atoms with Crippen molar-refractivity contribution in [2.24, 2.45) is 0 Å². The quantitative estimate of drug-likeness (QED) is 0.758. The summed E-state index contributed by atoms with van der Waals surface area (Å²) in [5, 5.41) is 7.83. The number of aryl methyl sites for hydroxylation is 1. The number of halogens is 1. The first-order chi connectivity index (χ1) is 8.82. The van der Waals surface area contributed by atoms with Gasteiger partial charge < -0.3 is 0 Å². The molecule has 6 nitrogen and oxygen atoms in total. The third-order valence-electron chi connectivity index (χ3n) is 2.92. The Morgan fingerprint density at radius 2 is 2.26 bits per heavy atom. The highest BCUT2D eigenvalue weighted by Gasteiger charge is 2.38. The molecule has 19 heavy (non-hydrogen) atoms. The van der Waals surface area contributed by atoms with Crippen LogP contribution < -0.4 is 4.90 Å². The number of aromatic nitrogens is 1. The average molecular weight is 300 g/mol. The Hall–Kier alpha value is -1.65. The van der Waals surface area contributed by atoms with E-state index in [4.69, 9.17) is 15.9 Å². The van der Waals surface area contributed by atoms with Crippen LogP contribution >= 0.6 is 10.7 Å². The van der Waals surface area contributed by atoms with Crippen molar-refractivity contribution in [3.05, 3.63) is 23.4 Å². The summed E-state index contributed by atoms with van der Waals surface area (Å²) in [6.07, 6.45) is 1.20. The monoisotopic (exact) mass is 299 g/mol. The highest BCUT2D eigenvalue weighted by Crippen LogP contribution is 2.27. The molecule has 1 saturated heterocycles. The molecule has 1 atom stereocenters. The molecule has 1 aliphatic heterocycles. The molecule has 0 radical (unpaired) electrons. The molecular formula is C11H10ClN3O3S. The van der Waals surface area contributed by atoms with Gasteiger partial charge in [-0.05, 0) is 18.6 Å². The van der Waals surface area contributed by atoms with E-state index in [-0.39, 0.29) is 18.9 Å². The molecule has 8 heteroatoms. The maximum Gasteiger partial charge on any atom is 0.237 e. The van der Waals surface area contributed by atoms with Crippen LogP contribution in [-0.2, 0) is 13.8 Å². The molecule has 100 valence electrons. The Bertz CT molecular complexity index is 681. The largest absolute Gasteiger partial charge is 0.295 e. The van der Waals surface area contributed by atoms with Gasteiger partial charge in [0.25, 0.3) is 0 Å². The van der Waals surface area contributed by atoms with Gasteiger partial charge in [0.05, 0.1) is 5.56 Å². The van der Waals surface area contributed by atoms with Gasteiger partial charge in [0, 0.05) is 29.8 Å². The van der Waals surface area contributed by atoms with Gasteiger partial charge in [0.2, 0.25) is 15.0 Å². The van der Waals surface area contributed by atoms with Crippen molar-refractivity contribution in [3.63, 3.8) is 0 Å². The number of rotatable bonds is 2. The number of carbonyl (C=O) groups excluding carboxylic acids is 1. The molecule has 0 bridgehead atoms. The Labute approximate surface area is 115 Å². The van der Waals surface area contributed by atoms with Gasteiger partial charge in [-0.1, -0.05) is 0 Å². The number of nitriles is 1. The lowest BCUT2D eigenvalue weighted by Crippen LogP contribution is -2.28. The molecule has 0 aromatic carbocycles. The van der Waals surface area contributed by atoms with E-state index in [9.17, 15) is 13.2 Å². The zero-order valence-corrected chi connectivity index (χ0v) is 11.6. The first-order valence-electron chi connectivity index (χ1n) is 5.43. The summed E-state index contributed by atoms with van der Waals surface area (Å²) in [6, 6.07) is 3.54. The van der Waals surface area contributed by atoms with E-state index in [1.54, 1.807) is 13.0 Å². The number of carbonyl (C=O) groups is 1. The maximum absolute atomic E-state index is 11.8. The van der Waals surface area contributed by atoms with Crippen molar-refractivity contribution in [2.75, 3.05) is 11.4 Å². The predicted octanol–water partition coefficient (Wildman–Crippen LogP) is 0.936. The van der Waals surface area contributed by atoms with Crippen LogP contribution in [0.1, 0.15) is 17.5 Å². The second kappa shape index (κ2) is 4.79. The summed E-state index contributed by atoms with van der Waals surface area (Å²) in [7, 11) is 1.50. The van der Waals surface area contributed by atoms with Crippen LogP contribution in [0.4, 0.5) is 5.82 Å². The number of amides is 1. The Kier molecular flexibility index (Phi) is 3.47. The van der Waals surface area contributed by atoms with E-state index < -0.39 is 14.3 Å². The molecule has 0 aliphatic carbocycles. The molecule has 1 aromatic rings. The fraction of sp³-hybridized carbons (Fsp3) is 0.364. The average Bonchev–Trinajstić information content (AvgIpc) is 2.71. The molecule has 2 rings (SSSR count). The van der Waals surface area contributed by atoms with Crippen molar-refractivity contribution in [3.8, 4) is 6.07 Å². The minimum Gasteiger partial charge on any atom is -0.295 e. The summed E-state index contributed by atoms with van der Waals surface area (Å²) in [5.41, 5.74) is 1.02. The maximum atomic E-state index is 11.8. The Morgan fingerprint density at radius 1 is 1.58 bits per heavy atom. The van der Waals surface area contributed by atoms with Crippen LogP contribution in [0.15, 0.2) is 12.3 Å². The van der Waals surface area contributed by atoms with Crippen LogP contribution in [0.2, 0.25) is 0 Å². The van der Waals surface area contributed by atoms with Gasteiger partial charge in [0.1, 0.15) is 17.1 Å². The molecule has 0 saturated carbocycles. The Balaban J connectivity index is 2.34.